The second-order valence-electron chi connectivity index (χ2n) is 6.20. The zero-order chi connectivity index (χ0) is 19.9. The molecule has 3 aromatic rings. The summed E-state index contributed by atoms with van der Waals surface area (Å²) in [6, 6.07) is 8.88. The number of rotatable bonds is 8. The minimum atomic E-state index is -0.453. The molecule has 28 heavy (non-hydrogen) atoms. The molecule has 0 aliphatic rings. The van der Waals surface area contributed by atoms with E-state index in [1.165, 1.54) is 4.88 Å². The zero-order valence-corrected chi connectivity index (χ0v) is 17.0. The van der Waals surface area contributed by atoms with Gasteiger partial charge < -0.3 is 24.7 Å². The van der Waals surface area contributed by atoms with Crippen molar-refractivity contribution in [2.75, 3.05) is 20.8 Å². The monoisotopic (exact) mass is 400 g/mol. The molecule has 0 aliphatic heterocycles. The van der Waals surface area contributed by atoms with Crippen molar-refractivity contribution in [1.29, 1.82) is 0 Å². The van der Waals surface area contributed by atoms with E-state index in [4.69, 9.17) is 9.47 Å². The van der Waals surface area contributed by atoms with E-state index in [1.807, 2.05) is 41.4 Å². The van der Waals surface area contributed by atoms with Gasteiger partial charge in [-0.05, 0) is 35.6 Å². The molecule has 0 unspecified atom stereocenters. The third-order valence-corrected chi connectivity index (χ3v) is 5.27. The Labute approximate surface area is 168 Å². The summed E-state index contributed by atoms with van der Waals surface area (Å²) in [6.45, 7) is 0.557. The lowest BCUT2D eigenvalue weighted by Gasteiger charge is -2.21. The van der Waals surface area contributed by atoms with Gasteiger partial charge in [0.2, 0.25) is 0 Å². The molecular weight excluding hydrogens is 376 g/mol. The molecule has 0 spiro atoms. The number of carbonyl (C=O) groups is 1. The highest BCUT2D eigenvalue weighted by Crippen LogP contribution is 2.29. The van der Waals surface area contributed by atoms with Crippen molar-refractivity contribution in [2.45, 2.75) is 12.5 Å². The molecule has 7 nitrogen and oxygen atoms in total. The Hall–Kier alpha value is -3.00. The fourth-order valence-corrected chi connectivity index (χ4v) is 3.59. The van der Waals surface area contributed by atoms with Gasteiger partial charge in [-0.15, -0.1) is 11.3 Å². The maximum absolute atomic E-state index is 12.6. The number of amides is 2. The number of benzene rings is 1. The lowest BCUT2D eigenvalue weighted by Crippen LogP contribution is -2.40. The van der Waals surface area contributed by atoms with Crippen molar-refractivity contribution in [3.63, 3.8) is 0 Å². The van der Waals surface area contributed by atoms with Crippen LogP contribution in [-0.2, 0) is 13.5 Å². The van der Waals surface area contributed by atoms with Crippen LogP contribution in [0.5, 0.6) is 11.5 Å². The van der Waals surface area contributed by atoms with Gasteiger partial charge in [0, 0.05) is 36.9 Å². The summed E-state index contributed by atoms with van der Waals surface area (Å²) in [5.74, 6) is 2.01. The number of ether oxygens (including phenoxy) is 2. The number of methoxy groups -OCH3 is 2. The molecule has 2 N–H and O–H groups in total. The van der Waals surface area contributed by atoms with Gasteiger partial charge in [0.25, 0.3) is 0 Å². The van der Waals surface area contributed by atoms with Gasteiger partial charge in [-0.3, -0.25) is 0 Å². The third kappa shape index (κ3) is 4.83. The highest BCUT2D eigenvalue weighted by molar-refractivity contribution is 7.09. The van der Waals surface area contributed by atoms with E-state index < -0.39 is 6.04 Å². The van der Waals surface area contributed by atoms with Crippen molar-refractivity contribution >= 4 is 17.4 Å². The molecule has 0 radical (unpaired) electrons. The van der Waals surface area contributed by atoms with Crippen LogP contribution < -0.4 is 20.1 Å². The predicted molar refractivity (Wildman–Crippen MR) is 109 cm³/mol. The number of aryl methyl sites for hydroxylation is 1. The summed E-state index contributed by atoms with van der Waals surface area (Å²) in [6.07, 6.45) is 4.34. The van der Waals surface area contributed by atoms with E-state index >= 15 is 0 Å². The molecular formula is C20H24N4O3S. The van der Waals surface area contributed by atoms with Gasteiger partial charge in [0.05, 0.1) is 14.2 Å². The van der Waals surface area contributed by atoms with E-state index in [9.17, 15) is 4.79 Å². The molecule has 0 fully saturated rings. The van der Waals surface area contributed by atoms with Crippen LogP contribution in [0.2, 0.25) is 0 Å². The minimum absolute atomic E-state index is 0.258. The number of nitrogens with zero attached hydrogens (tertiary/aromatic N) is 2. The second kappa shape index (κ2) is 9.27. The van der Waals surface area contributed by atoms with Gasteiger partial charge in [-0.25, -0.2) is 9.78 Å². The molecule has 0 bridgehead atoms. The minimum Gasteiger partial charge on any atom is -0.497 e. The number of urea groups is 1. The smallest absolute Gasteiger partial charge is 0.315 e. The van der Waals surface area contributed by atoms with Gasteiger partial charge >= 0.3 is 6.03 Å². The molecule has 3 rings (SSSR count). The Morgan fingerprint density at radius 3 is 2.57 bits per heavy atom. The fraction of sp³-hybridized carbons (Fsp3) is 0.300. The zero-order valence-electron chi connectivity index (χ0n) is 16.1. The summed E-state index contributed by atoms with van der Waals surface area (Å²) in [5.41, 5.74) is 0.818. The molecule has 0 saturated carbocycles. The Morgan fingerprint density at radius 1 is 1.25 bits per heavy atom. The van der Waals surface area contributed by atoms with E-state index in [0.29, 0.717) is 23.9 Å². The van der Waals surface area contributed by atoms with Crippen LogP contribution in [0.3, 0.4) is 0 Å². The Balaban J connectivity index is 1.78. The van der Waals surface area contributed by atoms with Crippen molar-refractivity contribution in [3.8, 4) is 11.5 Å². The maximum Gasteiger partial charge on any atom is 0.315 e. The highest BCUT2D eigenvalue weighted by atomic mass is 32.1. The molecule has 148 valence electrons. The predicted octanol–water partition coefficient (Wildman–Crippen LogP) is 3.13. The summed E-state index contributed by atoms with van der Waals surface area (Å²) in [4.78, 5) is 18.2. The highest BCUT2D eigenvalue weighted by Gasteiger charge is 2.22. The van der Waals surface area contributed by atoms with Gasteiger partial charge in [-0.2, -0.15) is 0 Å². The molecule has 2 amide bonds. The molecule has 0 saturated heterocycles. The average Bonchev–Trinajstić information content (AvgIpc) is 3.37. The number of carbonyl (C=O) groups excluding carboxylic acids is 1. The Bertz CT molecular complexity index is 886. The second-order valence-corrected chi connectivity index (χ2v) is 7.24. The van der Waals surface area contributed by atoms with Crippen LogP contribution in [0.1, 0.15) is 22.3 Å². The van der Waals surface area contributed by atoms with Crippen molar-refractivity contribution in [2.24, 2.45) is 7.05 Å². The van der Waals surface area contributed by atoms with E-state index in [1.54, 1.807) is 37.8 Å². The van der Waals surface area contributed by atoms with Crippen LogP contribution in [-0.4, -0.2) is 36.3 Å². The molecule has 2 heterocycles. The van der Waals surface area contributed by atoms with Gasteiger partial charge in [-0.1, -0.05) is 6.07 Å². The largest absolute Gasteiger partial charge is 0.497 e. The van der Waals surface area contributed by atoms with Crippen LogP contribution in [0, 0.1) is 0 Å². The van der Waals surface area contributed by atoms with Gasteiger partial charge in [0.15, 0.2) is 0 Å². The average molecular weight is 401 g/mol. The number of imidazole rings is 1. The Kier molecular flexibility index (Phi) is 6.54. The summed E-state index contributed by atoms with van der Waals surface area (Å²) >= 11 is 1.68. The SMILES string of the molecule is COc1cc(OC)cc([C@@H](NC(=O)NCCc2cccs2)c2nccn2C)c1. The molecule has 1 atom stereocenters. The molecule has 8 heteroatoms. The lowest BCUT2D eigenvalue weighted by atomic mass is 10.1. The first-order valence-corrected chi connectivity index (χ1v) is 9.75. The normalized spacial score (nSPS) is 11.7. The first-order valence-electron chi connectivity index (χ1n) is 8.87. The lowest BCUT2D eigenvalue weighted by molar-refractivity contribution is 0.238. The number of thiophene rings is 1. The van der Waals surface area contributed by atoms with Crippen LogP contribution in [0.25, 0.3) is 0 Å². The number of hydrogen-bond donors (Lipinski definition) is 2. The van der Waals surface area contributed by atoms with Crippen LogP contribution >= 0.6 is 11.3 Å². The third-order valence-electron chi connectivity index (χ3n) is 4.34. The van der Waals surface area contributed by atoms with E-state index in [-0.39, 0.29) is 6.03 Å². The summed E-state index contributed by atoms with van der Waals surface area (Å²) < 4.78 is 12.6. The number of aromatic nitrogens is 2. The molecule has 2 aromatic heterocycles. The van der Waals surface area contributed by atoms with Crippen LogP contribution in [0.4, 0.5) is 4.79 Å². The van der Waals surface area contributed by atoms with E-state index in [0.717, 1.165) is 12.0 Å². The van der Waals surface area contributed by atoms with Gasteiger partial charge in [0.1, 0.15) is 23.4 Å². The van der Waals surface area contributed by atoms with E-state index in [2.05, 4.69) is 21.7 Å². The standard InChI is InChI=1S/C20H24N4O3S/c1-24-9-8-21-19(24)18(14-11-15(26-2)13-16(12-14)27-3)23-20(25)22-7-6-17-5-4-10-28-17/h4-5,8-13,18H,6-7H2,1-3H3,(H2,22,23,25)/t18-/m1/s1. The fourth-order valence-electron chi connectivity index (χ4n) is 2.88. The number of nitrogens with one attached hydrogen (secondary N) is 2. The first kappa shape index (κ1) is 19.8. The van der Waals surface area contributed by atoms with Crippen molar-refractivity contribution in [1.82, 2.24) is 20.2 Å². The Morgan fingerprint density at radius 2 is 2.00 bits per heavy atom. The van der Waals surface area contributed by atoms with Crippen molar-refractivity contribution in [3.05, 3.63) is 64.4 Å². The van der Waals surface area contributed by atoms with Crippen LogP contribution in [0.15, 0.2) is 48.1 Å². The quantitative estimate of drug-likeness (QED) is 0.609. The summed E-state index contributed by atoms with van der Waals surface area (Å²) in [5, 5.41) is 7.97. The maximum atomic E-state index is 12.6. The van der Waals surface area contributed by atoms with Crippen molar-refractivity contribution < 1.29 is 14.3 Å². The molecule has 0 aliphatic carbocycles. The topological polar surface area (TPSA) is 77.4 Å². The number of hydrogen-bond acceptors (Lipinski definition) is 5. The summed E-state index contributed by atoms with van der Waals surface area (Å²) in [7, 11) is 5.08. The first-order chi connectivity index (χ1) is 13.6. The molecule has 1 aromatic carbocycles.